The molecule has 0 spiro atoms. The van der Waals surface area contributed by atoms with Crippen LogP contribution in [0.5, 0.6) is 5.75 Å². The molecule has 25 heavy (non-hydrogen) atoms. The van der Waals surface area contributed by atoms with Crippen LogP contribution in [0.4, 0.5) is 0 Å². The normalized spacial score (nSPS) is 11.2. The van der Waals surface area contributed by atoms with Gasteiger partial charge in [-0.05, 0) is 37.3 Å². The van der Waals surface area contributed by atoms with E-state index in [9.17, 15) is 0 Å². The Balaban J connectivity index is 2.44. The monoisotopic (exact) mass is 368 g/mol. The minimum Gasteiger partial charge on any atom is -0.426 e. The highest BCUT2D eigenvalue weighted by Crippen LogP contribution is 2.42. The Kier molecular flexibility index (Phi) is 14.0. The highest BCUT2D eigenvalue weighted by molar-refractivity contribution is 7.42. The van der Waals surface area contributed by atoms with Crippen LogP contribution >= 0.6 is 8.60 Å². The van der Waals surface area contributed by atoms with Gasteiger partial charge in [0.15, 0.2) is 0 Å². The van der Waals surface area contributed by atoms with Gasteiger partial charge in [0.2, 0.25) is 0 Å². The summed E-state index contributed by atoms with van der Waals surface area (Å²) in [6.45, 7) is 7.81. The second kappa shape index (κ2) is 15.6. The van der Waals surface area contributed by atoms with E-state index in [1.165, 1.54) is 50.5 Å². The average molecular weight is 368 g/mol. The highest BCUT2D eigenvalue weighted by Gasteiger charge is 2.16. The van der Waals surface area contributed by atoms with Crippen molar-refractivity contribution >= 4 is 8.60 Å². The lowest BCUT2D eigenvalue weighted by Crippen LogP contribution is -2.01. The van der Waals surface area contributed by atoms with Gasteiger partial charge >= 0.3 is 8.60 Å². The van der Waals surface area contributed by atoms with Crippen LogP contribution in [-0.4, -0.2) is 13.2 Å². The standard InChI is InChI=1S/C21H37O3P/c1-4-7-8-9-10-11-12-15-20-16-13-14-17-21(20)24-25(22-18-5-2)23-19-6-3/h13-14,16-17H,4-12,15,18-19H2,1-3H3. The van der Waals surface area contributed by atoms with Gasteiger partial charge in [0.1, 0.15) is 5.75 Å². The SMILES string of the molecule is CCCCCCCCCc1ccccc1OP(OCCC)OCCC. The summed E-state index contributed by atoms with van der Waals surface area (Å²) in [5.74, 6) is 0.923. The van der Waals surface area contributed by atoms with Gasteiger partial charge < -0.3 is 13.6 Å². The molecule has 4 heteroatoms. The molecule has 0 radical (unpaired) electrons. The first kappa shape index (κ1) is 22.4. The van der Waals surface area contributed by atoms with Crippen LogP contribution in [0.2, 0.25) is 0 Å². The summed E-state index contributed by atoms with van der Waals surface area (Å²) >= 11 is 0. The van der Waals surface area contributed by atoms with Gasteiger partial charge in [-0.15, -0.1) is 0 Å². The topological polar surface area (TPSA) is 27.7 Å². The van der Waals surface area contributed by atoms with Crippen LogP contribution in [0.15, 0.2) is 24.3 Å². The smallest absolute Gasteiger partial charge is 0.397 e. The summed E-state index contributed by atoms with van der Waals surface area (Å²) in [6.07, 6.45) is 12.3. The minimum atomic E-state index is -1.29. The first-order valence-corrected chi connectivity index (χ1v) is 11.2. The summed E-state index contributed by atoms with van der Waals surface area (Å²) in [4.78, 5) is 0. The number of benzene rings is 1. The Morgan fingerprint density at radius 2 is 1.32 bits per heavy atom. The molecular formula is C21H37O3P. The fraction of sp³-hybridized carbons (Fsp3) is 0.714. The van der Waals surface area contributed by atoms with Crippen molar-refractivity contribution in [1.29, 1.82) is 0 Å². The van der Waals surface area contributed by atoms with Gasteiger partial charge in [0, 0.05) is 0 Å². The number of hydrogen-bond donors (Lipinski definition) is 0. The van der Waals surface area contributed by atoms with E-state index < -0.39 is 8.60 Å². The van der Waals surface area contributed by atoms with Crippen LogP contribution in [-0.2, 0) is 15.5 Å². The third-order valence-corrected chi connectivity index (χ3v) is 5.13. The molecule has 0 aliphatic heterocycles. The van der Waals surface area contributed by atoms with Gasteiger partial charge in [-0.1, -0.05) is 77.5 Å². The van der Waals surface area contributed by atoms with Crippen LogP contribution in [0.3, 0.4) is 0 Å². The number of aryl methyl sites for hydroxylation is 1. The van der Waals surface area contributed by atoms with Gasteiger partial charge in [-0.3, -0.25) is 0 Å². The van der Waals surface area contributed by atoms with E-state index in [-0.39, 0.29) is 0 Å². The van der Waals surface area contributed by atoms with E-state index in [0.29, 0.717) is 13.2 Å². The predicted octanol–water partition coefficient (Wildman–Crippen LogP) is 7.44. The Morgan fingerprint density at radius 1 is 0.720 bits per heavy atom. The maximum atomic E-state index is 6.08. The zero-order valence-electron chi connectivity index (χ0n) is 16.5. The molecule has 3 nitrogen and oxygen atoms in total. The largest absolute Gasteiger partial charge is 0.426 e. The maximum absolute atomic E-state index is 6.08. The van der Waals surface area contributed by atoms with Crippen LogP contribution in [0.1, 0.15) is 84.1 Å². The molecule has 0 saturated heterocycles. The van der Waals surface area contributed by atoms with Crippen molar-refractivity contribution in [1.82, 2.24) is 0 Å². The number of hydrogen-bond acceptors (Lipinski definition) is 3. The quantitative estimate of drug-likeness (QED) is 0.224. The van der Waals surface area contributed by atoms with E-state index >= 15 is 0 Å². The van der Waals surface area contributed by atoms with Crippen molar-refractivity contribution in [3.8, 4) is 5.75 Å². The second-order valence-electron chi connectivity index (χ2n) is 6.46. The molecule has 0 fully saturated rings. The highest BCUT2D eigenvalue weighted by atomic mass is 31.2. The molecule has 0 amide bonds. The molecule has 1 rings (SSSR count). The fourth-order valence-electron chi connectivity index (χ4n) is 2.57. The maximum Gasteiger partial charge on any atom is 0.397 e. The van der Waals surface area contributed by atoms with Gasteiger partial charge in [0.25, 0.3) is 0 Å². The minimum absolute atomic E-state index is 0.676. The van der Waals surface area contributed by atoms with E-state index in [1.807, 2.05) is 12.1 Å². The van der Waals surface area contributed by atoms with Crippen molar-refractivity contribution < 1.29 is 13.6 Å². The summed E-state index contributed by atoms with van der Waals surface area (Å²) in [5, 5.41) is 0. The number of para-hydroxylation sites is 1. The van der Waals surface area contributed by atoms with Gasteiger partial charge in [-0.2, -0.15) is 0 Å². The molecule has 1 aromatic carbocycles. The lowest BCUT2D eigenvalue weighted by Gasteiger charge is -2.18. The Bertz CT molecular complexity index is 417. The van der Waals surface area contributed by atoms with E-state index in [0.717, 1.165) is 25.0 Å². The second-order valence-corrected chi connectivity index (χ2v) is 7.61. The Morgan fingerprint density at radius 3 is 1.96 bits per heavy atom. The van der Waals surface area contributed by atoms with E-state index in [1.54, 1.807) is 0 Å². The molecule has 0 aliphatic carbocycles. The third kappa shape index (κ3) is 10.8. The van der Waals surface area contributed by atoms with Gasteiger partial charge in [-0.25, -0.2) is 0 Å². The van der Waals surface area contributed by atoms with Crippen LogP contribution < -0.4 is 4.52 Å². The first-order chi connectivity index (χ1) is 12.3. The average Bonchev–Trinajstić information content (AvgIpc) is 2.64. The molecule has 0 atom stereocenters. The molecule has 0 heterocycles. The van der Waals surface area contributed by atoms with Crippen molar-refractivity contribution in [2.24, 2.45) is 0 Å². The molecule has 0 aromatic heterocycles. The summed E-state index contributed by atoms with van der Waals surface area (Å²) < 4.78 is 17.6. The Hall–Kier alpha value is -0.630. The Labute approximate surface area is 156 Å². The lowest BCUT2D eigenvalue weighted by atomic mass is 10.0. The molecule has 0 unspecified atom stereocenters. The first-order valence-electron chi connectivity index (χ1n) is 10.1. The van der Waals surface area contributed by atoms with Crippen LogP contribution in [0.25, 0.3) is 0 Å². The molecule has 0 N–H and O–H groups in total. The fourth-order valence-corrected chi connectivity index (χ4v) is 3.76. The molecule has 0 saturated carbocycles. The molecule has 1 aromatic rings. The zero-order valence-corrected chi connectivity index (χ0v) is 17.4. The summed E-state index contributed by atoms with van der Waals surface area (Å²) in [7, 11) is -1.29. The van der Waals surface area contributed by atoms with Crippen molar-refractivity contribution in [3.63, 3.8) is 0 Å². The van der Waals surface area contributed by atoms with Crippen molar-refractivity contribution in [2.45, 2.75) is 85.0 Å². The number of unbranched alkanes of at least 4 members (excludes halogenated alkanes) is 6. The predicted molar refractivity (Wildman–Crippen MR) is 108 cm³/mol. The molecule has 144 valence electrons. The van der Waals surface area contributed by atoms with Gasteiger partial charge in [0.05, 0.1) is 13.2 Å². The summed E-state index contributed by atoms with van der Waals surface area (Å²) in [5.41, 5.74) is 1.27. The molecule has 0 bridgehead atoms. The molecular weight excluding hydrogens is 331 g/mol. The van der Waals surface area contributed by atoms with E-state index in [4.69, 9.17) is 13.6 Å². The summed E-state index contributed by atoms with van der Waals surface area (Å²) in [6, 6.07) is 8.32. The van der Waals surface area contributed by atoms with Crippen molar-refractivity contribution in [3.05, 3.63) is 29.8 Å². The number of rotatable bonds is 16. The van der Waals surface area contributed by atoms with E-state index in [2.05, 4.69) is 32.9 Å². The molecule has 0 aliphatic rings. The van der Waals surface area contributed by atoms with Crippen molar-refractivity contribution in [2.75, 3.05) is 13.2 Å². The van der Waals surface area contributed by atoms with Crippen LogP contribution in [0, 0.1) is 0 Å². The third-order valence-electron chi connectivity index (χ3n) is 4.00. The lowest BCUT2D eigenvalue weighted by molar-refractivity contribution is 0.205. The zero-order chi connectivity index (χ0) is 18.2.